The SMILES string of the molecule is CCCN(Cc1nnn(C)n1)C1(CN)CCCCC1. The monoisotopic (exact) mass is 266 g/mol. The second kappa shape index (κ2) is 6.43. The Morgan fingerprint density at radius 1 is 1.32 bits per heavy atom. The summed E-state index contributed by atoms with van der Waals surface area (Å²) in [5.41, 5.74) is 6.27. The van der Waals surface area contributed by atoms with Crippen LogP contribution in [-0.4, -0.2) is 43.7 Å². The first kappa shape index (κ1) is 14.4. The van der Waals surface area contributed by atoms with Crippen molar-refractivity contribution in [1.82, 2.24) is 25.1 Å². The summed E-state index contributed by atoms with van der Waals surface area (Å²) >= 11 is 0. The second-order valence-corrected chi connectivity index (χ2v) is 5.61. The molecule has 0 aliphatic heterocycles. The molecule has 2 rings (SSSR count). The van der Waals surface area contributed by atoms with Crippen LogP contribution in [0.5, 0.6) is 0 Å². The first-order valence-corrected chi connectivity index (χ1v) is 7.38. The van der Waals surface area contributed by atoms with E-state index in [-0.39, 0.29) is 5.54 Å². The maximum atomic E-state index is 6.12. The number of hydrogen-bond donors (Lipinski definition) is 1. The summed E-state index contributed by atoms with van der Waals surface area (Å²) in [4.78, 5) is 4.01. The summed E-state index contributed by atoms with van der Waals surface area (Å²) in [5.74, 6) is 0.800. The van der Waals surface area contributed by atoms with Crippen LogP contribution in [0.4, 0.5) is 0 Å². The molecule has 1 saturated carbocycles. The number of tetrazole rings is 1. The first-order valence-electron chi connectivity index (χ1n) is 7.38. The van der Waals surface area contributed by atoms with Gasteiger partial charge in [0.2, 0.25) is 0 Å². The number of hydrogen-bond acceptors (Lipinski definition) is 5. The zero-order valence-corrected chi connectivity index (χ0v) is 12.2. The molecule has 0 saturated heterocycles. The van der Waals surface area contributed by atoms with Gasteiger partial charge in [-0.2, -0.15) is 4.80 Å². The third-order valence-corrected chi connectivity index (χ3v) is 4.21. The molecular formula is C13H26N6. The number of rotatable bonds is 6. The average Bonchev–Trinajstić information content (AvgIpc) is 2.84. The van der Waals surface area contributed by atoms with E-state index in [4.69, 9.17) is 5.73 Å². The van der Waals surface area contributed by atoms with Gasteiger partial charge in [0.05, 0.1) is 13.6 Å². The van der Waals surface area contributed by atoms with E-state index in [1.807, 2.05) is 0 Å². The largest absolute Gasteiger partial charge is 0.329 e. The third kappa shape index (κ3) is 3.30. The molecule has 19 heavy (non-hydrogen) atoms. The fourth-order valence-corrected chi connectivity index (χ4v) is 3.17. The summed E-state index contributed by atoms with van der Waals surface area (Å²) in [6, 6.07) is 0. The van der Waals surface area contributed by atoms with Gasteiger partial charge in [-0.3, -0.25) is 4.90 Å². The van der Waals surface area contributed by atoms with Crippen LogP contribution in [0.15, 0.2) is 0 Å². The Bertz CT molecular complexity index is 382. The maximum Gasteiger partial charge on any atom is 0.188 e. The van der Waals surface area contributed by atoms with Gasteiger partial charge in [-0.05, 0) is 31.0 Å². The molecule has 6 heteroatoms. The van der Waals surface area contributed by atoms with E-state index in [0.29, 0.717) is 0 Å². The normalized spacial score (nSPS) is 18.9. The van der Waals surface area contributed by atoms with Gasteiger partial charge in [0.15, 0.2) is 5.82 Å². The zero-order chi connectivity index (χ0) is 13.7. The summed E-state index contributed by atoms with van der Waals surface area (Å²) in [7, 11) is 1.81. The first-order chi connectivity index (χ1) is 9.20. The van der Waals surface area contributed by atoms with Crippen LogP contribution >= 0.6 is 0 Å². The Labute approximate surface area is 115 Å². The van der Waals surface area contributed by atoms with Crippen LogP contribution in [0.2, 0.25) is 0 Å². The van der Waals surface area contributed by atoms with Crippen LogP contribution in [-0.2, 0) is 13.6 Å². The van der Waals surface area contributed by atoms with E-state index in [9.17, 15) is 0 Å². The van der Waals surface area contributed by atoms with Crippen molar-refractivity contribution in [2.75, 3.05) is 13.1 Å². The minimum atomic E-state index is 0.146. The molecule has 1 aromatic rings. The highest BCUT2D eigenvalue weighted by Gasteiger charge is 2.36. The molecule has 1 aliphatic carbocycles. The zero-order valence-electron chi connectivity index (χ0n) is 12.2. The molecule has 1 fully saturated rings. The minimum Gasteiger partial charge on any atom is -0.329 e. The van der Waals surface area contributed by atoms with Gasteiger partial charge < -0.3 is 5.73 Å². The molecule has 6 nitrogen and oxygen atoms in total. The van der Waals surface area contributed by atoms with Crippen LogP contribution in [0.3, 0.4) is 0 Å². The van der Waals surface area contributed by atoms with Crippen LogP contribution in [0, 0.1) is 0 Å². The Morgan fingerprint density at radius 2 is 2.05 bits per heavy atom. The Morgan fingerprint density at radius 3 is 2.58 bits per heavy atom. The number of nitrogens with zero attached hydrogens (tertiary/aromatic N) is 5. The van der Waals surface area contributed by atoms with Crippen molar-refractivity contribution >= 4 is 0 Å². The minimum absolute atomic E-state index is 0.146. The van der Waals surface area contributed by atoms with Crippen LogP contribution in [0.1, 0.15) is 51.3 Å². The van der Waals surface area contributed by atoms with Crippen molar-refractivity contribution in [3.8, 4) is 0 Å². The van der Waals surface area contributed by atoms with Crippen molar-refractivity contribution in [1.29, 1.82) is 0 Å². The molecule has 1 heterocycles. The molecular weight excluding hydrogens is 240 g/mol. The summed E-state index contributed by atoms with van der Waals surface area (Å²) in [6.07, 6.45) is 7.43. The van der Waals surface area contributed by atoms with Crippen molar-refractivity contribution in [2.24, 2.45) is 12.8 Å². The highest BCUT2D eigenvalue weighted by molar-refractivity contribution is 4.95. The molecule has 0 bridgehead atoms. The van der Waals surface area contributed by atoms with Gasteiger partial charge in [0.1, 0.15) is 0 Å². The van der Waals surface area contributed by atoms with E-state index in [0.717, 1.165) is 31.9 Å². The molecule has 0 atom stereocenters. The average molecular weight is 266 g/mol. The standard InChI is InChI=1S/C13H26N6/c1-3-9-19(10-12-15-17-18(2)16-12)13(11-14)7-5-4-6-8-13/h3-11,14H2,1-2H3. The molecule has 0 unspecified atom stereocenters. The van der Waals surface area contributed by atoms with E-state index < -0.39 is 0 Å². The molecule has 0 spiro atoms. The highest BCUT2D eigenvalue weighted by Crippen LogP contribution is 2.33. The topological polar surface area (TPSA) is 72.9 Å². The summed E-state index contributed by atoms with van der Waals surface area (Å²) in [6.45, 7) is 4.76. The summed E-state index contributed by atoms with van der Waals surface area (Å²) < 4.78 is 0. The van der Waals surface area contributed by atoms with Crippen molar-refractivity contribution in [3.63, 3.8) is 0 Å². The van der Waals surface area contributed by atoms with Gasteiger partial charge >= 0.3 is 0 Å². The Hall–Kier alpha value is -1.01. The van der Waals surface area contributed by atoms with Gasteiger partial charge in [-0.25, -0.2) is 0 Å². The lowest BCUT2D eigenvalue weighted by atomic mass is 9.80. The molecule has 0 amide bonds. The van der Waals surface area contributed by atoms with E-state index in [1.165, 1.54) is 36.9 Å². The fraction of sp³-hybridized carbons (Fsp3) is 0.923. The predicted octanol–water partition coefficient (Wildman–Crippen LogP) is 1.08. The van der Waals surface area contributed by atoms with Gasteiger partial charge in [0, 0.05) is 12.1 Å². The quantitative estimate of drug-likeness (QED) is 0.834. The smallest absolute Gasteiger partial charge is 0.188 e. The third-order valence-electron chi connectivity index (χ3n) is 4.21. The van der Waals surface area contributed by atoms with Gasteiger partial charge in [0.25, 0.3) is 0 Å². The van der Waals surface area contributed by atoms with Crippen molar-refractivity contribution < 1.29 is 0 Å². The Kier molecular flexibility index (Phi) is 4.87. The number of aromatic nitrogens is 4. The number of nitrogens with two attached hydrogens (primary N) is 1. The molecule has 0 aromatic carbocycles. The second-order valence-electron chi connectivity index (χ2n) is 5.61. The lowest BCUT2D eigenvalue weighted by molar-refractivity contribution is 0.0471. The fourth-order valence-electron chi connectivity index (χ4n) is 3.17. The van der Waals surface area contributed by atoms with Gasteiger partial charge in [-0.1, -0.05) is 26.2 Å². The Balaban J connectivity index is 2.12. The van der Waals surface area contributed by atoms with Crippen molar-refractivity contribution in [2.45, 2.75) is 57.5 Å². The van der Waals surface area contributed by atoms with E-state index >= 15 is 0 Å². The van der Waals surface area contributed by atoms with Crippen LogP contribution in [0.25, 0.3) is 0 Å². The highest BCUT2D eigenvalue weighted by atomic mass is 15.6. The predicted molar refractivity (Wildman–Crippen MR) is 74.4 cm³/mol. The summed E-state index contributed by atoms with van der Waals surface area (Å²) in [5, 5.41) is 12.3. The molecule has 1 aliphatic rings. The molecule has 108 valence electrons. The maximum absolute atomic E-state index is 6.12. The lowest BCUT2D eigenvalue weighted by Crippen LogP contribution is -2.55. The van der Waals surface area contributed by atoms with E-state index in [1.54, 1.807) is 7.05 Å². The lowest BCUT2D eigenvalue weighted by Gasteiger charge is -2.45. The molecule has 1 aromatic heterocycles. The number of aryl methyl sites for hydroxylation is 1. The van der Waals surface area contributed by atoms with Gasteiger partial charge in [-0.15, -0.1) is 10.2 Å². The molecule has 0 radical (unpaired) electrons. The van der Waals surface area contributed by atoms with Crippen molar-refractivity contribution in [3.05, 3.63) is 5.82 Å². The van der Waals surface area contributed by atoms with E-state index in [2.05, 4.69) is 27.2 Å². The van der Waals surface area contributed by atoms with Crippen LogP contribution < -0.4 is 5.73 Å². The molecule has 2 N–H and O–H groups in total.